The largest absolute Gasteiger partial charge is 0.496 e. The first-order chi connectivity index (χ1) is 8.14. The Morgan fingerprint density at radius 2 is 1.56 bits per heavy atom. The molecule has 6 heteroatoms. The van der Waals surface area contributed by atoms with Crippen molar-refractivity contribution in [3.8, 4) is 0 Å². The van der Waals surface area contributed by atoms with Gasteiger partial charge in [0.1, 0.15) is 11.6 Å². The van der Waals surface area contributed by atoms with Gasteiger partial charge in [-0.15, -0.1) is 0 Å². The standard InChI is InChI=1S/C12H14BBrF2O2/c1-11(2)12(3,4)18-13(17-11)8-5-7(15)6-9(16)10(8)14/h5-6H,1-4H3. The monoisotopic (exact) mass is 318 g/mol. The molecule has 1 aromatic rings. The van der Waals surface area contributed by atoms with Gasteiger partial charge in [0.05, 0.1) is 15.7 Å². The molecule has 0 atom stereocenters. The van der Waals surface area contributed by atoms with Crippen molar-refractivity contribution in [2.24, 2.45) is 0 Å². The molecule has 0 bridgehead atoms. The molecule has 1 heterocycles. The number of hydrogen-bond acceptors (Lipinski definition) is 2. The Labute approximate surface area is 114 Å². The molecule has 0 N–H and O–H groups in total. The lowest BCUT2D eigenvalue weighted by Gasteiger charge is -2.32. The van der Waals surface area contributed by atoms with Crippen molar-refractivity contribution in [3.63, 3.8) is 0 Å². The van der Waals surface area contributed by atoms with Crippen LogP contribution in [0.2, 0.25) is 0 Å². The predicted octanol–water partition coefficient (Wildman–Crippen LogP) is 3.03. The Morgan fingerprint density at radius 3 is 2.06 bits per heavy atom. The van der Waals surface area contributed by atoms with Crippen molar-refractivity contribution in [3.05, 3.63) is 28.2 Å². The van der Waals surface area contributed by atoms with E-state index >= 15 is 0 Å². The van der Waals surface area contributed by atoms with E-state index in [4.69, 9.17) is 9.31 Å². The van der Waals surface area contributed by atoms with Gasteiger partial charge in [-0.05, 0) is 49.7 Å². The van der Waals surface area contributed by atoms with Crippen LogP contribution in [-0.2, 0) is 9.31 Å². The molecule has 0 saturated carbocycles. The van der Waals surface area contributed by atoms with Gasteiger partial charge in [-0.25, -0.2) is 8.78 Å². The topological polar surface area (TPSA) is 18.5 Å². The van der Waals surface area contributed by atoms with Crippen LogP contribution in [0, 0.1) is 11.6 Å². The second-order valence-corrected chi connectivity index (χ2v) is 6.17. The van der Waals surface area contributed by atoms with Crippen LogP contribution < -0.4 is 5.46 Å². The van der Waals surface area contributed by atoms with E-state index in [0.29, 0.717) is 5.46 Å². The Morgan fingerprint density at radius 1 is 1.06 bits per heavy atom. The minimum atomic E-state index is -0.783. The molecule has 1 fully saturated rings. The normalized spacial score (nSPS) is 21.4. The average molecular weight is 319 g/mol. The molecule has 2 rings (SSSR count). The third-order valence-corrected chi connectivity index (χ3v) is 4.36. The fourth-order valence-electron chi connectivity index (χ4n) is 1.72. The summed E-state index contributed by atoms with van der Waals surface area (Å²) in [5.41, 5.74) is -0.758. The van der Waals surface area contributed by atoms with Gasteiger partial charge in [-0.2, -0.15) is 0 Å². The highest BCUT2D eigenvalue weighted by Gasteiger charge is 2.52. The summed E-state index contributed by atoms with van der Waals surface area (Å²) in [7, 11) is -0.783. The van der Waals surface area contributed by atoms with Gasteiger partial charge in [-0.1, -0.05) is 0 Å². The molecule has 1 aliphatic rings. The van der Waals surface area contributed by atoms with E-state index in [1.54, 1.807) is 0 Å². The van der Waals surface area contributed by atoms with Crippen molar-refractivity contribution < 1.29 is 18.1 Å². The quantitative estimate of drug-likeness (QED) is 0.585. The molecular formula is C12H14BBrF2O2. The summed E-state index contributed by atoms with van der Waals surface area (Å²) < 4.78 is 38.4. The molecule has 18 heavy (non-hydrogen) atoms. The summed E-state index contributed by atoms with van der Waals surface area (Å²) in [6, 6.07) is 2.04. The fraction of sp³-hybridized carbons (Fsp3) is 0.500. The molecule has 0 aromatic heterocycles. The van der Waals surface area contributed by atoms with Crippen molar-refractivity contribution in [1.82, 2.24) is 0 Å². The van der Waals surface area contributed by atoms with E-state index in [0.717, 1.165) is 6.07 Å². The maximum Gasteiger partial charge on any atom is 0.496 e. The SMILES string of the molecule is CC1(C)OB(c2cc(F)cc(F)c2Br)OC1(C)C. The predicted molar refractivity (Wildman–Crippen MR) is 69.8 cm³/mol. The highest BCUT2D eigenvalue weighted by Crippen LogP contribution is 2.37. The Kier molecular flexibility index (Phi) is 3.32. The van der Waals surface area contributed by atoms with Gasteiger partial charge >= 0.3 is 7.12 Å². The van der Waals surface area contributed by atoms with Gasteiger partial charge in [0.25, 0.3) is 0 Å². The van der Waals surface area contributed by atoms with Crippen molar-refractivity contribution in [2.45, 2.75) is 38.9 Å². The summed E-state index contributed by atoms with van der Waals surface area (Å²) in [6.07, 6.45) is 0. The van der Waals surface area contributed by atoms with Crippen LogP contribution >= 0.6 is 15.9 Å². The molecule has 1 saturated heterocycles. The average Bonchev–Trinajstić information content (AvgIpc) is 2.42. The second-order valence-electron chi connectivity index (χ2n) is 5.38. The lowest BCUT2D eigenvalue weighted by Crippen LogP contribution is -2.41. The van der Waals surface area contributed by atoms with Gasteiger partial charge in [0, 0.05) is 11.5 Å². The number of halogens is 3. The van der Waals surface area contributed by atoms with Crippen LogP contribution in [0.5, 0.6) is 0 Å². The summed E-state index contributed by atoms with van der Waals surface area (Å²) in [6.45, 7) is 7.54. The molecule has 0 spiro atoms. The molecule has 98 valence electrons. The van der Waals surface area contributed by atoms with Gasteiger partial charge in [0.2, 0.25) is 0 Å². The maximum absolute atomic E-state index is 13.5. The summed E-state index contributed by atoms with van der Waals surface area (Å²) >= 11 is 3.10. The van der Waals surface area contributed by atoms with E-state index in [1.807, 2.05) is 27.7 Å². The molecule has 0 amide bonds. The first-order valence-corrected chi connectivity index (χ1v) is 6.43. The molecule has 0 radical (unpaired) electrons. The molecule has 0 unspecified atom stereocenters. The smallest absolute Gasteiger partial charge is 0.399 e. The fourth-order valence-corrected chi connectivity index (χ4v) is 2.13. The summed E-state index contributed by atoms with van der Waals surface area (Å²) in [5.74, 6) is -1.32. The summed E-state index contributed by atoms with van der Waals surface area (Å²) in [4.78, 5) is 0. The van der Waals surface area contributed by atoms with E-state index in [1.165, 1.54) is 6.07 Å². The molecule has 0 aliphatic carbocycles. The van der Waals surface area contributed by atoms with Gasteiger partial charge < -0.3 is 9.31 Å². The van der Waals surface area contributed by atoms with E-state index < -0.39 is 30.0 Å². The van der Waals surface area contributed by atoms with Crippen LogP contribution in [0.15, 0.2) is 16.6 Å². The first-order valence-electron chi connectivity index (χ1n) is 5.64. The van der Waals surface area contributed by atoms with Crippen LogP contribution in [-0.4, -0.2) is 18.3 Å². The van der Waals surface area contributed by atoms with Crippen molar-refractivity contribution >= 4 is 28.5 Å². The maximum atomic E-state index is 13.5. The summed E-state index contributed by atoms with van der Waals surface area (Å²) in [5, 5.41) is 0. The molecular weight excluding hydrogens is 305 g/mol. The van der Waals surface area contributed by atoms with E-state index in [9.17, 15) is 8.78 Å². The third kappa shape index (κ3) is 2.21. The van der Waals surface area contributed by atoms with E-state index in [2.05, 4.69) is 15.9 Å². The lowest BCUT2D eigenvalue weighted by molar-refractivity contribution is 0.00578. The minimum Gasteiger partial charge on any atom is -0.399 e. The zero-order valence-electron chi connectivity index (χ0n) is 10.7. The lowest BCUT2D eigenvalue weighted by atomic mass is 9.79. The van der Waals surface area contributed by atoms with E-state index in [-0.39, 0.29) is 4.47 Å². The molecule has 1 aliphatic heterocycles. The molecule has 2 nitrogen and oxygen atoms in total. The second kappa shape index (κ2) is 4.29. The minimum absolute atomic E-state index is 0.169. The zero-order valence-corrected chi connectivity index (χ0v) is 12.3. The van der Waals surface area contributed by atoms with Gasteiger partial charge in [0.15, 0.2) is 0 Å². The van der Waals surface area contributed by atoms with Crippen LogP contribution in [0.4, 0.5) is 8.78 Å². The Hall–Kier alpha value is -0.455. The number of benzene rings is 1. The molecule has 1 aromatic carbocycles. The first kappa shape index (κ1) is 14.0. The third-order valence-electron chi connectivity index (χ3n) is 3.53. The zero-order chi connectivity index (χ0) is 13.7. The van der Waals surface area contributed by atoms with Crippen LogP contribution in [0.3, 0.4) is 0 Å². The highest BCUT2D eigenvalue weighted by atomic mass is 79.9. The van der Waals surface area contributed by atoms with Crippen LogP contribution in [0.25, 0.3) is 0 Å². The van der Waals surface area contributed by atoms with Gasteiger partial charge in [-0.3, -0.25) is 0 Å². The number of hydrogen-bond donors (Lipinski definition) is 0. The number of rotatable bonds is 1. The Bertz CT molecular complexity index is 475. The highest BCUT2D eigenvalue weighted by molar-refractivity contribution is 9.10. The van der Waals surface area contributed by atoms with Crippen molar-refractivity contribution in [1.29, 1.82) is 0 Å². The van der Waals surface area contributed by atoms with Crippen LogP contribution in [0.1, 0.15) is 27.7 Å². The Balaban J connectivity index is 2.41. The van der Waals surface area contributed by atoms with Crippen molar-refractivity contribution in [2.75, 3.05) is 0 Å².